The largest absolute Gasteiger partial charge is 0.491 e. The Kier molecular flexibility index (Phi) is 4.98. The van der Waals surface area contributed by atoms with E-state index in [-0.39, 0.29) is 18.1 Å². The zero-order valence-corrected chi connectivity index (χ0v) is 12.1. The average molecular weight is 277 g/mol. The van der Waals surface area contributed by atoms with Gasteiger partial charge in [0.1, 0.15) is 5.75 Å². The Hall–Kier alpha value is -1.59. The van der Waals surface area contributed by atoms with Crippen LogP contribution in [0.2, 0.25) is 0 Å². The number of hydrogen-bond donors (Lipinski definition) is 2. The Morgan fingerprint density at radius 3 is 3.05 bits per heavy atom. The first kappa shape index (κ1) is 14.8. The van der Waals surface area contributed by atoms with E-state index in [0.29, 0.717) is 18.7 Å². The van der Waals surface area contributed by atoms with E-state index in [1.807, 2.05) is 36.9 Å². The fraction of sp³-hybridized carbons (Fsp3) is 0.533. The van der Waals surface area contributed by atoms with Crippen molar-refractivity contribution in [1.82, 2.24) is 10.2 Å². The summed E-state index contributed by atoms with van der Waals surface area (Å²) in [5, 5.41) is 3.26. The normalized spacial score (nSPS) is 19.2. The van der Waals surface area contributed by atoms with Crippen LogP contribution in [0.1, 0.15) is 24.2 Å². The summed E-state index contributed by atoms with van der Waals surface area (Å²) in [6.07, 6.45) is 0.0938. The van der Waals surface area contributed by atoms with E-state index in [1.165, 1.54) is 0 Å². The second kappa shape index (κ2) is 6.72. The smallest absolute Gasteiger partial charge is 0.254 e. The first-order valence-corrected chi connectivity index (χ1v) is 7.10. The van der Waals surface area contributed by atoms with E-state index < -0.39 is 0 Å². The zero-order chi connectivity index (χ0) is 14.5. The van der Waals surface area contributed by atoms with Crippen molar-refractivity contribution < 1.29 is 9.53 Å². The van der Waals surface area contributed by atoms with Gasteiger partial charge in [-0.2, -0.15) is 0 Å². The minimum Gasteiger partial charge on any atom is -0.491 e. The predicted molar refractivity (Wildman–Crippen MR) is 79.0 cm³/mol. The molecule has 0 aromatic heterocycles. The number of amides is 1. The van der Waals surface area contributed by atoms with Gasteiger partial charge in [-0.25, -0.2) is 0 Å². The summed E-state index contributed by atoms with van der Waals surface area (Å²) in [5.74, 6) is 0.751. The molecule has 1 aromatic carbocycles. The third-order valence-corrected chi connectivity index (χ3v) is 3.34. The van der Waals surface area contributed by atoms with Gasteiger partial charge in [-0.1, -0.05) is 6.07 Å². The molecule has 0 aliphatic carbocycles. The number of piperazine rings is 1. The van der Waals surface area contributed by atoms with Gasteiger partial charge in [0.15, 0.2) is 0 Å². The maximum absolute atomic E-state index is 12.6. The lowest BCUT2D eigenvalue weighted by Gasteiger charge is -2.35. The van der Waals surface area contributed by atoms with E-state index in [4.69, 9.17) is 10.5 Å². The van der Waals surface area contributed by atoms with E-state index >= 15 is 0 Å². The number of nitrogens with one attached hydrogen (secondary N) is 1. The van der Waals surface area contributed by atoms with Crippen molar-refractivity contribution in [2.45, 2.75) is 26.0 Å². The second-order valence-electron chi connectivity index (χ2n) is 5.29. The molecule has 1 fully saturated rings. The topological polar surface area (TPSA) is 67.6 Å². The number of hydrogen-bond acceptors (Lipinski definition) is 4. The second-order valence-corrected chi connectivity index (χ2v) is 5.29. The van der Waals surface area contributed by atoms with Crippen molar-refractivity contribution in [1.29, 1.82) is 0 Å². The molecular formula is C15H23N3O2. The first-order chi connectivity index (χ1) is 9.61. The number of carbonyl (C=O) groups is 1. The van der Waals surface area contributed by atoms with Gasteiger partial charge in [0.05, 0.1) is 12.1 Å². The maximum Gasteiger partial charge on any atom is 0.254 e. The van der Waals surface area contributed by atoms with Crippen LogP contribution in [-0.4, -0.2) is 49.1 Å². The van der Waals surface area contributed by atoms with Gasteiger partial charge in [-0.05, 0) is 32.0 Å². The third kappa shape index (κ3) is 3.49. The molecule has 1 aliphatic rings. The van der Waals surface area contributed by atoms with E-state index in [2.05, 4.69) is 5.32 Å². The molecule has 1 heterocycles. The van der Waals surface area contributed by atoms with Crippen LogP contribution in [0.3, 0.4) is 0 Å². The van der Waals surface area contributed by atoms with Crippen LogP contribution < -0.4 is 15.8 Å². The quantitative estimate of drug-likeness (QED) is 0.856. The number of ether oxygens (including phenoxy) is 1. The van der Waals surface area contributed by atoms with Gasteiger partial charge in [0.25, 0.3) is 5.91 Å². The summed E-state index contributed by atoms with van der Waals surface area (Å²) in [7, 11) is 0. The molecule has 1 unspecified atom stereocenters. The van der Waals surface area contributed by atoms with Gasteiger partial charge in [0, 0.05) is 31.7 Å². The molecule has 5 heteroatoms. The summed E-state index contributed by atoms with van der Waals surface area (Å²) < 4.78 is 5.64. The van der Waals surface area contributed by atoms with Gasteiger partial charge in [-0.15, -0.1) is 0 Å². The molecule has 5 nitrogen and oxygen atoms in total. The van der Waals surface area contributed by atoms with Crippen molar-refractivity contribution in [2.75, 3.05) is 26.2 Å². The number of carbonyl (C=O) groups excluding carboxylic acids is 1. The number of nitrogens with zero attached hydrogens (tertiary/aromatic N) is 1. The summed E-state index contributed by atoms with van der Waals surface area (Å²) in [4.78, 5) is 14.4. The average Bonchev–Trinajstić information content (AvgIpc) is 2.46. The van der Waals surface area contributed by atoms with Crippen molar-refractivity contribution >= 4 is 5.91 Å². The number of nitrogens with two attached hydrogens (primary N) is 1. The standard InChI is InChI=1S/C15H23N3O2/c1-11(2)20-14-5-3-4-12(8-14)15(19)18-7-6-17-10-13(18)9-16/h3-5,8,11,13,17H,6-7,9-10,16H2,1-2H3. The van der Waals surface area contributed by atoms with Crippen LogP contribution >= 0.6 is 0 Å². The van der Waals surface area contributed by atoms with Crippen molar-refractivity contribution in [3.05, 3.63) is 29.8 Å². The number of benzene rings is 1. The van der Waals surface area contributed by atoms with Gasteiger partial charge in [0.2, 0.25) is 0 Å². The van der Waals surface area contributed by atoms with Crippen molar-refractivity contribution in [3.8, 4) is 5.75 Å². The fourth-order valence-electron chi connectivity index (χ4n) is 2.38. The lowest BCUT2D eigenvalue weighted by molar-refractivity contribution is 0.0644. The highest BCUT2D eigenvalue weighted by Crippen LogP contribution is 2.17. The van der Waals surface area contributed by atoms with Gasteiger partial charge < -0.3 is 20.7 Å². The summed E-state index contributed by atoms with van der Waals surface area (Å²) in [6.45, 7) is 6.66. The summed E-state index contributed by atoms with van der Waals surface area (Å²) >= 11 is 0. The summed E-state index contributed by atoms with van der Waals surface area (Å²) in [5.41, 5.74) is 6.40. The van der Waals surface area contributed by atoms with Crippen molar-refractivity contribution in [3.63, 3.8) is 0 Å². The molecule has 2 rings (SSSR count). The van der Waals surface area contributed by atoms with Gasteiger partial charge in [-0.3, -0.25) is 4.79 Å². The molecular weight excluding hydrogens is 254 g/mol. The van der Waals surface area contributed by atoms with Crippen LogP contribution in [0.25, 0.3) is 0 Å². The molecule has 1 aromatic rings. The van der Waals surface area contributed by atoms with Crippen LogP contribution in [-0.2, 0) is 0 Å². The van der Waals surface area contributed by atoms with Crippen LogP contribution in [0.4, 0.5) is 0 Å². The highest BCUT2D eigenvalue weighted by Gasteiger charge is 2.26. The Morgan fingerprint density at radius 1 is 1.55 bits per heavy atom. The van der Waals surface area contributed by atoms with E-state index in [0.717, 1.165) is 18.8 Å². The molecule has 20 heavy (non-hydrogen) atoms. The minimum atomic E-state index is 0.0242. The predicted octanol–water partition coefficient (Wildman–Crippen LogP) is 0.847. The maximum atomic E-state index is 12.6. The lowest BCUT2D eigenvalue weighted by Crippen LogP contribution is -2.56. The molecule has 1 aliphatic heterocycles. The molecule has 0 radical (unpaired) electrons. The van der Waals surface area contributed by atoms with E-state index in [1.54, 1.807) is 6.07 Å². The van der Waals surface area contributed by atoms with Crippen LogP contribution in [0, 0.1) is 0 Å². The molecule has 110 valence electrons. The SMILES string of the molecule is CC(C)Oc1cccc(C(=O)N2CCNCC2CN)c1. The Bertz CT molecular complexity index is 462. The molecule has 1 atom stereocenters. The van der Waals surface area contributed by atoms with Crippen molar-refractivity contribution in [2.24, 2.45) is 5.73 Å². The molecule has 1 amide bonds. The molecule has 1 saturated heterocycles. The minimum absolute atomic E-state index is 0.0242. The summed E-state index contributed by atoms with van der Waals surface area (Å²) in [6, 6.07) is 7.41. The monoisotopic (exact) mass is 277 g/mol. The Morgan fingerprint density at radius 2 is 2.35 bits per heavy atom. The molecule has 3 N–H and O–H groups in total. The molecule has 0 saturated carbocycles. The molecule has 0 bridgehead atoms. The number of rotatable bonds is 4. The van der Waals surface area contributed by atoms with Gasteiger partial charge >= 0.3 is 0 Å². The molecule has 0 spiro atoms. The lowest BCUT2D eigenvalue weighted by atomic mass is 10.1. The van der Waals surface area contributed by atoms with Crippen LogP contribution in [0.15, 0.2) is 24.3 Å². The third-order valence-electron chi connectivity index (χ3n) is 3.34. The Balaban J connectivity index is 2.15. The zero-order valence-electron chi connectivity index (χ0n) is 12.1. The first-order valence-electron chi connectivity index (χ1n) is 7.10. The van der Waals surface area contributed by atoms with E-state index in [9.17, 15) is 4.79 Å². The highest BCUT2D eigenvalue weighted by molar-refractivity contribution is 5.95. The highest BCUT2D eigenvalue weighted by atomic mass is 16.5. The Labute approximate surface area is 120 Å². The van der Waals surface area contributed by atoms with Crippen LogP contribution in [0.5, 0.6) is 5.75 Å². The fourth-order valence-corrected chi connectivity index (χ4v) is 2.38.